The summed E-state index contributed by atoms with van der Waals surface area (Å²) in [6, 6.07) is 5.35. The molecular formula is C8H3ClN2OS. The van der Waals surface area contributed by atoms with Crippen LogP contribution in [0.15, 0.2) is 23.2 Å². The van der Waals surface area contributed by atoms with Gasteiger partial charge in [0.25, 0.3) is 0 Å². The number of hydrogen-bond acceptors (Lipinski definition) is 4. The van der Waals surface area contributed by atoms with Crippen LogP contribution in [0, 0.1) is 0 Å². The van der Waals surface area contributed by atoms with Crippen LogP contribution in [-0.2, 0) is 4.79 Å². The third-order valence-electron chi connectivity index (χ3n) is 1.56. The quantitative estimate of drug-likeness (QED) is 0.537. The van der Waals surface area contributed by atoms with Gasteiger partial charge in [0.05, 0.1) is 4.70 Å². The molecule has 0 bridgehead atoms. The van der Waals surface area contributed by atoms with Crippen molar-refractivity contribution in [3.8, 4) is 0 Å². The van der Waals surface area contributed by atoms with Gasteiger partial charge in [0.15, 0.2) is 5.82 Å². The first kappa shape index (κ1) is 8.38. The van der Waals surface area contributed by atoms with Gasteiger partial charge in [-0.1, -0.05) is 11.6 Å². The number of halogens is 1. The highest BCUT2D eigenvalue weighted by atomic mass is 35.5. The van der Waals surface area contributed by atoms with Gasteiger partial charge >= 0.3 is 0 Å². The van der Waals surface area contributed by atoms with E-state index in [4.69, 9.17) is 11.6 Å². The molecule has 1 aromatic heterocycles. The van der Waals surface area contributed by atoms with Crippen molar-refractivity contribution < 1.29 is 4.79 Å². The summed E-state index contributed by atoms with van der Waals surface area (Å²) in [5.74, 6) is 0.387. The molecule has 3 nitrogen and oxygen atoms in total. The summed E-state index contributed by atoms with van der Waals surface area (Å²) in [6.07, 6.45) is 1.46. The molecule has 1 aromatic carbocycles. The summed E-state index contributed by atoms with van der Waals surface area (Å²) in [4.78, 5) is 13.5. The minimum absolute atomic E-state index is 0.387. The fourth-order valence-electron chi connectivity index (χ4n) is 1.02. The fraction of sp³-hybridized carbons (Fsp3) is 0. The van der Waals surface area contributed by atoms with Gasteiger partial charge in [0.2, 0.25) is 6.08 Å². The molecule has 13 heavy (non-hydrogen) atoms. The Balaban J connectivity index is 2.78. The zero-order valence-electron chi connectivity index (χ0n) is 6.32. The molecule has 0 unspecified atom stereocenters. The number of aromatic nitrogens is 1. The monoisotopic (exact) mass is 210 g/mol. The Morgan fingerprint density at radius 2 is 2.38 bits per heavy atom. The molecule has 0 aliphatic carbocycles. The molecule has 0 aliphatic rings. The molecule has 64 valence electrons. The number of carbonyl (C=O) groups excluding carboxylic acids is 1. The maximum Gasteiger partial charge on any atom is 0.242 e. The SMILES string of the molecule is O=C=Nc1nsc2ccc(Cl)cc12. The van der Waals surface area contributed by atoms with Crippen molar-refractivity contribution in [1.29, 1.82) is 0 Å². The van der Waals surface area contributed by atoms with Crippen molar-refractivity contribution in [3.63, 3.8) is 0 Å². The van der Waals surface area contributed by atoms with Crippen LogP contribution in [0.2, 0.25) is 5.02 Å². The number of hydrogen-bond donors (Lipinski definition) is 0. The molecule has 0 saturated heterocycles. The molecular weight excluding hydrogens is 208 g/mol. The first-order valence-electron chi connectivity index (χ1n) is 3.44. The lowest BCUT2D eigenvalue weighted by Gasteiger charge is -1.89. The van der Waals surface area contributed by atoms with Gasteiger partial charge in [-0.2, -0.15) is 4.37 Å². The van der Waals surface area contributed by atoms with Crippen LogP contribution in [0.3, 0.4) is 0 Å². The van der Waals surface area contributed by atoms with Crippen molar-refractivity contribution in [1.82, 2.24) is 4.37 Å². The lowest BCUT2D eigenvalue weighted by atomic mass is 10.3. The lowest BCUT2D eigenvalue weighted by Crippen LogP contribution is -1.65. The molecule has 0 amide bonds. The third-order valence-corrected chi connectivity index (χ3v) is 2.62. The number of isocyanates is 1. The summed E-state index contributed by atoms with van der Waals surface area (Å²) in [6.45, 7) is 0. The van der Waals surface area contributed by atoms with Crippen molar-refractivity contribution >= 4 is 45.1 Å². The van der Waals surface area contributed by atoms with E-state index >= 15 is 0 Å². The Kier molecular flexibility index (Phi) is 2.10. The Bertz CT molecular complexity index is 502. The second-order valence-electron chi connectivity index (χ2n) is 2.35. The molecule has 0 radical (unpaired) electrons. The predicted molar refractivity (Wildman–Crippen MR) is 52.4 cm³/mol. The smallest absolute Gasteiger partial charge is 0.211 e. The summed E-state index contributed by atoms with van der Waals surface area (Å²) in [7, 11) is 0. The van der Waals surface area contributed by atoms with Gasteiger partial charge < -0.3 is 0 Å². The molecule has 1 heterocycles. The molecule has 2 rings (SSSR count). The Labute approximate surface area is 82.8 Å². The van der Waals surface area contributed by atoms with Crippen LogP contribution in [-0.4, -0.2) is 10.5 Å². The van der Waals surface area contributed by atoms with Crippen LogP contribution in [0.1, 0.15) is 0 Å². The molecule has 0 spiro atoms. The highest BCUT2D eigenvalue weighted by molar-refractivity contribution is 7.13. The van der Waals surface area contributed by atoms with E-state index < -0.39 is 0 Å². The van der Waals surface area contributed by atoms with Crippen molar-refractivity contribution in [2.24, 2.45) is 4.99 Å². The number of fused-ring (bicyclic) bond motifs is 1. The van der Waals surface area contributed by atoms with Crippen LogP contribution in [0.5, 0.6) is 0 Å². The normalized spacial score (nSPS) is 9.92. The van der Waals surface area contributed by atoms with Crippen molar-refractivity contribution in [2.45, 2.75) is 0 Å². The fourth-order valence-corrected chi connectivity index (χ4v) is 1.90. The maximum absolute atomic E-state index is 10.0. The minimum atomic E-state index is 0.387. The molecule has 5 heteroatoms. The number of benzene rings is 1. The average molecular weight is 211 g/mol. The first-order chi connectivity index (χ1) is 6.31. The maximum atomic E-state index is 10.0. The number of rotatable bonds is 1. The topological polar surface area (TPSA) is 42.3 Å². The summed E-state index contributed by atoms with van der Waals surface area (Å²) < 4.78 is 4.94. The Hall–Kier alpha value is -1.22. The second-order valence-corrected chi connectivity index (χ2v) is 3.59. The van der Waals surface area contributed by atoms with Gasteiger partial charge in [-0.25, -0.2) is 4.79 Å². The zero-order chi connectivity index (χ0) is 9.26. The van der Waals surface area contributed by atoms with E-state index in [0.717, 1.165) is 10.1 Å². The van der Waals surface area contributed by atoms with E-state index in [0.29, 0.717) is 10.8 Å². The molecule has 0 aliphatic heterocycles. The van der Waals surface area contributed by atoms with Crippen molar-refractivity contribution in [2.75, 3.05) is 0 Å². The summed E-state index contributed by atoms with van der Waals surface area (Å²) in [5.41, 5.74) is 0. The number of aliphatic imine (C=N–C) groups is 1. The van der Waals surface area contributed by atoms with E-state index in [1.807, 2.05) is 6.07 Å². The Morgan fingerprint density at radius 1 is 1.54 bits per heavy atom. The van der Waals surface area contributed by atoms with E-state index in [2.05, 4.69) is 9.37 Å². The molecule has 2 aromatic rings. The van der Waals surface area contributed by atoms with E-state index in [-0.39, 0.29) is 0 Å². The van der Waals surface area contributed by atoms with Gasteiger partial charge in [-0.15, -0.1) is 4.99 Å². The van der Waals surface area contributed by atoms with Gasteiger partial charge in [-0.05, 0) is 29.7 Å². The van der Waals surface area contributed by atoms with Gasteiger partial charge in [0.1, 0.15) is 0 Å². The van der Waals surface area contributed by atoms with Gasteiger partial charge in [-0.3, -0.25) is 0 Å². The van der Waals surface area contributed by atoms with Crippen LogP contribution in [0.25, 0.3) is 10.1 Å². The number of nitrogens with zero attached hydrogens (tertiary/aromatic N) is 2. The lowest BCUT2D eigenvalue weighted by molar-refractivity contribution is 0.565. The second kappa shape index (κ2) is 3.26. The Morgan fingerprint density at radius 3 is 3.15 bits per heavy atom. The summed E-state index contributed by atoms with van der Waals surface area (Å²) in [5, 5.41) is 1.40. The van der Waals surface area contributed by atoms with E-state index in [1.54, 1.807) is 12.1 Å². The highest BCUT2D eigenvalue weighted by Gasteiger charge is 2.04. The predicted octanol–water partition coefficient (Wildman–Crippen LogP) is 2.92. The molecule has 0 fully saturated rings. The molecule has 0 atom stereocenters. The molecule has 0 N–H and O–H groups in total. The van der Waals surface area contributed by atoms with Gasteiger partial charge in [0, 0.05) is 10.4 Å². The van der Waals surface area contributed by atoms with Crippen molar-refractivity contribution in [3.05, 3.63) is 23.2 Å². The minimum Gasteiger partial charge on any atom is -0.211 e. The third kappa shape index (κ3) is 1.47. The van der Waals surface area contributed by atoms with E-state index in [1.165, 1.54) is 17.6 Å². The van der Waals surface area contributed by atoms with Crippen LogP contribution >= 0.6 is 23.1 Å². The summed E-state index contributed by atoms with van der Waals surface area (Å²) >= 11 is 7.07. The standard InChI is InChI=1S/C8H3ClN2OS/c9-5-1-2-7-6(3-5)8(10-4-12)11-13-7/h1-3H. The largest absolute Gasteiger partial charge is 0.242 e. The first-order valence-corrected chi connectivity index (χ1v) is 4.59. The average Bonchev–Trinajstić information content (AvgIpc) is 2.49. The van der Waals surface area contributed by atoms with Crippen LogP contribution in [0.4, 0.5) is 5.82 Å². The molecule has 0 saturated carbocycles. The van der Waals surface area contributed by atoms with Crippen LogP contribution < -0.4 is 0 Å². The zero-order valence-corrected chi connectivity index (χ0v) is 7.89. The highest BCUT2D eigenvalue weighted by Crippen LogP contribution is 2.30. The van der Waals surface area contributed by atoms with E-state index in [9.17, 15) is 4.79 Å².